The van der Waals surface area contributed by atoms with Crippen LogP contribution in [0.25, 0.3) is 0 Å². The van der Waals surface area contributed by atoms with Gasteiger partial charge < -0.3 is 10.1 Å². The molecule has 0 radical (unpaired) electrons. The Kier molecular flexibility index (Phi) is 3.48. The van der Waals surface area contributed by atoms with Crippen LogP contribution in [0.5, 0.6) is 0 Å². The number of rotatable bonds is 3. The molecule has 1 atom stereocenters. The van der Waals surface area contributed by atoms with Crippen LogP contribution in [0, 0.1) is 0 Å². The first kappa shape index (κ1) is 10.3. The molecule has 80 valence electrons. The van der Waals surface area contributed by atoms with Gasteiger partial charge >= 0.3 is 0 Å². The highest BCUT2D eigenvalue weighted by Crippen LogP contribution is 2.08. The summed E-state index contributed by atoms with van der Waals surface area (Å²) in [5.74, 6) is 0. The fourth-order valence-electron chi connectivity index (χ4n) is 1.75. The second-order valence-electron chi connectivity index (χ2n) is 3.76. The number of ether oxygens (including phenoxy) is 1. The first-order valence-electron chi connectivity index (χ1n) is 5.25. The van der Waals surface area contributed by atoms with Gasteiger partial charge in [0.1, 0.15) is 6.29 Å². The third-order valence-electron chi connectivity index (χ3n) is 2.58. The monoisotopic (exact) mass is 205 g/mol. The molecule has 1 aromatic carbocycles. The normalized spacial score (nSPS) is 21.2. The standard InChI is InChI=1S/C12H15NO2/c14-9-11-3-1-10(2-4-11)7-12-8-13-5-6-15-12/h1-4,9,12-13H,5-8H2. The number of hydrogen-bond donors (Lipinski definition) is 1. The van der Waals surface area contributed by atoms with Crippen molar-refractivity contribution in [1.29, 1.82) is 0 Å². The fraction of sp³-hybridized carbons (Fsp3) is 0.417. The van der Waals surface area contributed by atoms with Crippen LogP contribution in [-0.4, -0.2) is 32.1 Å². The van der Waals surface area contributed by atoms with E-state index in [0.717, 1.165) is 38.0 Å². The topological polar surface area (TPSA) is 38.3 Å². The molecule has 1 aromatic rings. The number of morpholine rings is 1. The average Bonchev–Trinajstić information content (AvgIpc) is 2.31. The Morgan fingerprint density at radius 3 is 2.80 bits per heavy atom. The van der Waals surface area contributed by atoms with E-state index < -0.39 is 0 Å². The predicted octanol–water partition coefficient (Wildman–Crippen LogP) is 1.03. The largest absolute Gasteiger partial charge is 0.375 e. The highest BCUT2D eigenvalue weighted by atomic mass is 16.5. The molecule has 2 rings (SSSR count). The summed E-state index contributed by atoms with van der Waals surface area (Å²) < 4.78 is 5.61. The van der Waals surface area contributed by atoms with Crippen LogP contribution < -0.4 is 5.32 Å². The van der Waals surface area contributed by atoms with E-state index in [2.05, 4.69) is 5.32 Å². The molecular weight excluding hydrogens is 190 g/mol. The van der Waals surface area contributed by atoms with E-state index in [1.165, 1.54) is 5.56 Å². The van der Waals surface area contributed by atoms with Crippen molar-refractivity contribution in [1.82, 2.24) is 5.32 Å². The van der Waals surface area contributed by atoms with Gasteiger partial charge in [0.05, 0.1) is 12.7 Å². The summed E-state index contributed by atoms with van der Waals surface area (Å²) in [6.07, 6.45) is 2.04. The quantitative estimate of drug-likeness (QED) is 0.749. The van der Waals surface area contributed by atoms with E-state index in [-0.39, 0.29) is 6.10 Å². The Bertz CT molecular complexity index is 315. The lowest BCUT2D eigenvalue weighted by molar-refractivity contribution is 0.0292. The fourth-order valence-corrected chi connectivity index (χ4v) is 1.75. The molecule has 0 aromatic heterocycles. The summed E-state index contributed by atoms with van der Waals surface area (Å²) in [5, 5.41) is 3.30. The Labute approximate surface area is 89.4 Å². The van der Waals surface area contributed by atoms with Crippen LogP contribution in [0.4, 0.5) is 0 Å². The average molecular weight is 205 g/mol. The SMILES string of the molecule is O=Cc1ccc(CC2CNCCO2)cc1. The number of benzene rings is 1. The van der Waals surface area contributed by atoms with Crippen LogP contribution in [-0.2, 0) is 11.2 Å². The molecule has 1 aliphatic heterocycles. The molecule has 1 unspecified atom stereocenters. The molecule has 1 heterocycles. The zero-order valence-corrected chi connectivity index (χ0v) is 8.61. The van der Waals surface area contributed by atoms with Crippen LogP contribution >= 0.6 is 0 Å². The molecule has 1 fully saturated rings. The van der Waals surface area contributed by atoms with Gasteiger partial charge in [-0.05, 0) is 12.0 Å². The van der Waals surface area contributed by atoms with Crippen LogP contribution in [0.15, 0.2) is 24.3 Å². The molecule has 0 bridgehead atoms. The maximum Gasteiger partial charge on any atom is 0.150 e. The minimum absolute atomic E-state index is 0.265. The number of aldehydes is 1. The van der Waals surface area contributed by atoms with E-state index in [1.807, 2.05) is 24.3 Å². The van der Waals surface area contributed by atoms with Crippen LogP contribution in [0.1, 0.15) is 15.9 Å². The van der Waals surface area contributed by atoms with Crippen molar-refractivity contribution in [3.8, 4) is 0 Å². The van der Waals surface area contributed by atoms with Crippen molar-refractivity contribution in [2.45, 2.75) is 12.5 Å². The number of carbonyl (C=O) groups excluding carboxylic acids is 1. The van der Waals surface area contributed by atoms with E-state index in [1.54, 1.807) is 0 Å². The first-order chi connectivity index (χ1) is 7.38. The molecule has 15 heavy (non-hydrogen) atoms. The Morgan fingerprint density at radius 2 is 2.20 bits per heavy atom. The maximum atomic E-state index is 10.5. The third-order valence-corrected chi connectivity index (χ3v) is 2.58. The van der Waals surface area contributed by atoms with Crippen molar-refractivity contribution in [3.63, 3.8) is 0 Å². The molecule has 0 saturated carbocycles. The highest BCUT2D eigenvalue weighted by molar-refractivity contribution is 5.74. The summed E-state index contributed by atoms with van der Waals surface area (Å²) in [7, 11) is 0. The summed E-state index contributed by atoms with van der Waals surface area (Å²) in [4.78, 5) is 10.5. The second-order valence-corrected chi connectivity index (χ2v) is 3.76. The van der Waals surface area contributed by atoms with Gasteiger partial charge in [-0.25, -0.2) is 0 Å². The molecule has 0 spiro atoms. The van der Waals surface area contributed by atoms with Crippen molar-refractivity contribution in [2.75, 3.05) is 19.7 Å². The van der Waals surface area contributed by atoms with Gasteiger partial charge in [-0.2, -0.15) is 0 Å². The van der Waals surface area contributed by atoms with Gasteiger partial charge in [0, 0.05) is 18.7 Å². The van der Waals surface area contributed by atoms with E-state index in [0.29, 0.717) is 0 Å². The smallest absolute Gasteiger partial charge is 0.150 e. The lowest BCUT2D eigenvalue weighted by Crippen LogP contribution is -2.39. The molecule has 1 aliphatic rings. The van der Waals surface area contributed by atoms with Gasteiger partial charge in [-0.1, -0.05) is 24.3 Å². The van der Waals surface area contributed by atoms with E-state index >= 15 is 0 Å². The highest BCUT2D eigenvalue weighted by Gasteiger charge is 2.13. The molecule has 0 amide bonds. The van der Waals surface area contributed by atoms with Crippen LogP contribution in [0.2, 0.25) is 0 Å². The zero-order chi connectivity index (χ0) is 10.5. The first-order valence-corrected chi connectivity index (χ1v) is 5.25. The zero-order valence-electron chi connectivity index (χ0n) is 8.61. The lowest BCUT2D eigenvalue weighted by Gasteiger charge is -2.23. The van der Waals surface area contributed by atoms with Crippen LogP contribution in [0.3, 0.4) is 0 Å². The Hall–Kier alpha value is -1.19. The Morgan fingerprint density at radius 1 is 1.40 bits per heavy atom. The number of hydrogen-bond acceptors (Lipinski definition) is 3. The van der Waals surface area contributed by atoms with Crippen molar-refractivity contribution in [3.05, 3.63) is 35.4 Å². The van der Waals surface area contributed by atoms with E-state index in [4.69, 9.17) is 4.74 Å². The summed E-state index contributed by atoms with van der Waals surface area (Å²) in [6, 6.07) is 7.67. The molecule has 3 nitrogen and oxygen atoms in total. The second kappa shape index (κ2) is 5.05. The molecule has 1 N–H and O–H groups in total. The molecule has 1 saturated heterocycles. The van der Waals surface area contributed by atoms with Crippen molar-refractivity contribution in [2.24, 2.45) is 0 Å². The molecule has 0 aliphatic carbocycles. The lowest BCUT2D eigenvalue weighted by atomic mass is 10.1. The summed E-state index contributed by atoms with van der Waals surface area (Å²) in [6.45, 7) is 2.65. The van der Waals surface area contributed by atoms with Gasteiger partial charge in [-0.15, -0.1) is 0 Å². The van der Waals surface area contributed by atoms with Crippen molar-refractivity contribution < 1.29 is 9.53 Å². The van der Waals surface area contributed by atoms with Gasteiger partial charge in [0.15, 0.2) is 0 Å². The number of nitrogens with one attached hydrogen (secondary N) is 1. The van der Waals surface area contributed by atoms with E-state index in [9.17, 15) is 4.79 Å². The summed E-state index contributed by atoms with van der Waals surface area (Å²) >= 11 is 0. The van der Waals surface area contributed by atoms with Gasteiger partial charge in [0.2, 0.25) is 0 Å². The summed E-state index contributed by atoms with van der Waals surface area (Å²) in [5.41, 5.74) is 1.94. The third kappa shape index (κ3) is 2.88. The van der Waals surface area contributed by atoms with Crippen molar-refractivity contribution >= 4 is 6.29 Å². The van der Waals surface area contributed by atoms with Gasteiger partial charge in [-0.3, -0.25) is 4.79 Å². The predicted molar refractivity (Wildman–Crippen MR) is 58.1 cm³/mol. The number of carbonyl (C=O) groups is 1. The maximum absolute atomic E-state index is 10.5. The van der Waals surface area contributed by atoms with Gasteiger partial charge in [0.25, 0.3) is 0 Å². The Balaban J connectivity index is 1.94. The molecule has 3 heteroatoms. The minimum atomic E-state index is 0.265. The minimum Gasteiger partial charge on any atom is -0.375 e. The molecular formula is C12H15NO2.